The molecule has 1 rings (SSSR count). The van der Waals surface area contributed by atoms with E-state index in [2.05, 4.69) is 10.6 Å². The van der Waals surface area contributed by atoms with Gasteiger partial charge in [0.25, 0.3) is 0 Å². The van der Waals surface area contributed by atoms with Gasteiger partial charge in [0, 0.05) is 6.04 Å². The summed E-state index contributed by atoms with van der Waals surface area (Å²) in [6, 6.07) is -1.96. The minimum absolute atomic E-state index is 0.0537. The third-order valence-corrected chi connectivity index (χ3v) is 2.92. The molecule has 1 atom stereocenters. The Labute approximate surface area is 105 Å². The Morgan fingerprint density at radius 3 is 2.22 bits per heavy atom. The molecule has 1 saturated carbocycles. The van der Waals surface area contributed by atoms with Crippen molar-refractivity contribution in [2.24, 2.45) is 0 Å². The first kappa shape index (κ1) is 14.3. The van der Waals surface area contributed by atoms with Gasteiger partial charge in [-0.1, -0.05) is 19.3 Å². The summed E-state index contributed by atoms with van der Waals surface area (Å²) >= 11 is 0. The molecule has 0 spiro atoms. The zero-order chi connectivity index (χ0) is 13.5. The number of rotatable bonds is 5. The Balaban J connectivity index is 2.40. The van der Waals surface area contributed by atoms with Gasteiger partial charge in [-0.2, -0.15) is 0 Å². The van der Waals surface area contributed by atoms with Crippen LogP contribution in [0.1, 0.15) is 38.5 Å². The van der Waals surface area contributed by atoms with E-state index in [1.165, 1.54) is 0 Å². The van der Waals surface area contributed by atoms with E-state index >= 15 is 0 Å². The SMILES string of the molecule is O=C(O)C[C@H](NC(=O)NC1CCCCC1)C(=O)O. The van der Waals surface area contributed by atoms with Gasteiger partial charge in [0.1, 0.15) is 6.04 Å². The number of aliphatic carboxylic acids is 2. The maximum atomic E-state index is 11.5. The normalized spacial score (nSPS) is 17.8. The van der Waals surface area contributed by atoms with Crippen LogP contribution in [0, 0.1) is 0 Å². The molecule has 1 fully saturated rings. The van der Waals surface area contributed by atoms with Crippen LogP contribution in [-0.2, 0) is 9.59 Å². The number of carbonyl (C=O) groups is 3. The molecule has 0 aliphatic heterocycles. The summed E-state index contributed by atoms with van der Waals surface area (Å²) in [7, 11) is 0. The van der Waals surface area contributed by atoms with Gasteiger partial charge in [0.05, 0.1) is 6.42 Å². The molecular formula is C11H18N2O5. The lowest BCUT2D eigenvalue weighted by Crippen LogP contribution is -2.50. The summed E-state index contributed by atoms with van der Waals surface area (Å²) in [5.41, 5.74) is 0. The Morgan fingerprint density at radius 1 is 1.11 bits per heavy atom. The van der Waals surface area contributed by atoms with Crippen LogP contribution < -0.4 is 10.6 Å². The van der Waals surface area contributed by atoms with E-state index in [-0.39, 0.29) is 6.04 Å². The summed E-state index contributed by atoms with van der Waals surface area (Å²) in [5.74, 6) is -2.61. The van der Waals surface area contributed by atoms with E-state index in [4.69, 9.17) is 10.2 Å². The quantitative estimate of drug-likeness (QED) is 0.574. The van der Waals surface area contributed by atoms with Crippen LogP contribution in [0.4, 0.5) is 4.79 Å². The first-order valence-electron chi connectivity index (χ1n) is 6.00. The van der Waals surface area contributed by atoms with Crippen molar-refractivity contribution in [1.82, 2.24) is 10.6 Å². The van der Waals surface area contributed by atoms with Crippen molar-refractivity contribution in [3.05, 3.63) is 0 Å². The average Bonchev–Trinajstić information content (AvgIpc) is 2.28. The fraction of sp³-hybridized carbons (Fsp3) is 0.727. The molecule has 0 aromatic heterocycles. The van der Waals surface area contributed by atoms with Crippen LogP contribution in [0.25, 0.3) is 0 Å². The molecule has 0 aromatic rings. The maximum Gasteiger partial charge on any atom is 0.326 e. The highest BCUT2D eigenvalue weighted by Crippen LogP contribution is 2.17. The molecule has 7 heteroatoms. The van der Waals surface area contributed by atoms with Gasteiger partial charge in [-0.15, -0.1) is 0 Å². The second kappa shape index (κ2) is 6.83. The van der Waals surface area contributed by atoms with Crippen LogP contribution in [0.2, 0.25) is 0 Å². The highest BCUT2D eigenvalue weighted by molar-refractivity contribution is 5.86. The summed E-state index contributed by atoms with van der Waals surface area (Å²) in [5, 5.41) is 22.1. The lowest BCUT2D eigenvalue weighted by Gasteiger charge is -2.23. The largest absolute Gasteiger partial charge is 0.481 e. The van der Waals surface area contributed by atoms with Crippen molar-refractivity contribution < 1.29 is 24.6 Å². The highest BCUT2D eigenvalue weighted by atomic mass is 16.4. The molecule has 102 valence electrons. The van der Waals surface area contributed by atoms with Gasteiger partial charge >= 0.3 is 18.0 Å². The fourth-order valence-electron chi connectivity index (χ4n) is 2.01. The predicted molar refractivity (Wildman–Crippen MR) is 62.2 cm³/mol. The molecule has 2 amide bonds. The van der Waals surface area contributed by atoms with Crippen molar-refractivity contribution in [2.45, 2.75) is 50.6 Å². The number of carboxylic acids is 2. The van der Waals surface area contributed by atoms with Crippen molar-refractivity contribution in [3.63, 3.8) is 0 Å². The molecule has 18 heavy (non-hydrogen) atoms. The fourth-order valence-corrected chi connectivity index (χ4v) is 2.01. The number of carboxylic acid groups (broad SMARTS) is 2. The summed E-state index contributed by atoms with van der Waals surface area (Å²) in [4.78, 5) is 32.7. The highest BCUT2D eigenvalue weighted by Gasteiger charge is 2.24. The van der Waals surface area contributed by atoms with Gasteiger partial charge in [-0.05, 0) is 12.8 Å². The van der Waals surface area contributed by atoms with E-state index < -0.39 is 30.4 Å². The molecule has 0 saturated heterocycles. The molecule has 0 bridgehead atoms. The molecule has 0 heterocycles. The molecular weight excluding hydrogens is 240 g/mol. The minimum Gasteiger partial charge on any atom is -0.481 e. The van der Waals surface area contributed by atoms with Crippen LogP contribution in [0.5, 0.6) is 0 Å². The monoisotopic (exact) mass is 258 g/mol. The van der Waals surface area contributed by atoms with Crippen molar-refractivity contribution in [3.8, 4) is 0 Å². The summed E-state index contributed by atoms with van der Waals surface area (Å²) in [6.45, 7) is 0. The van der Waals surface area contributed by atoms with Gasteiger partial charge < -0.3 is 20.8 Å². The van der Waals surface area contributed by atoms with E-state index in [0.29, 0.717) is 0 Å². The van der Waals surface area contributed by atoms with Gasteiger partial charge in [-0.3, -0.25) is 4.79 Å². The van der Waals surface area contributed by atoms with E-state index in [0.717, 1.165) is 32.1 Å². The van der Waals surface area contributed by atoms with Gasteiger partial charge in [-0.25, -0.2) is 9.59 Å². The number of nitrogens with one attached hydrogen (secondary N) is 2. The van der Waals surface area contributed by atoms with E-state index in [1.807, 2.05) is 0 Å². The second-order valence-corrected chi connectivity index (χ2v) is 4.44. The summed E-state index contributed by atoms with van der Waals surface area (Å²) < 4.78 is 0. The van der Waals surface area contributed by atoms with Gasteiger partial charge in [0.15, 0.2) is 0 Å². The minimum atomic E-state index is -1.40. The molecule has 0 radical (unpaired) electrons. The molecule has 4 N–H and O–H groups in total. The number of carbonyl (C=O) groups excluding carboxylic acids is 1. The number of urea groups is 1. The molecule has 1 aliphatic rings. The van der Waals surface area contributed by atoms with Crippen LogP contribution in [-0.4, -0.2) is 40.3 Å². The molecule has 1 aliphatic carbocycles. The predicted octanol–water partition coefficient (Wildman–Crippen LogP) is 0.546. The first-order chi connectivity index (χ1) is 8.49. The second-order valence-electron chi connectivity index (χ2n) is 4.44. The maximum absolute atomic E-state index is 11.5. The molecule has 0 aromatic carbocycles. The van der Waals surface area contributed by atoms with Crippen molar-refractivity contribution in [1.29, 1.82) is 0 Å². The number of hydrogen-bond donors (Lipinski definition) is 4. The van der Waals surface area contributed by atoms with Crippen molar-refractivity contribution in [2.75, 3.05) is 0 Å². The van der Waals surface area contributed by atoms with E-state index in [9.17, 15) is 14.4 Å². The Kier molecular flexibility index (Phi) is 5.41. The summed E-state index contributed by atoms with van der Waals surface area (Å²) in [6.07, 6.45) is 4.36. The van der Waals surface area contributed by atoms with Crippen LogP contribution in [0.15, 0.2) is 0 Å². The Hall–Kier alpha value is -1.79. The lowest BCUT2D eigenvalue weighted by atomic mass is 9.96. The lowest BCUT2D eigenvalue weighted by molar-refractivity contribution is -0.145. The third kappa shape index (κ3) is 5.03. The molecule has 0 unspecified atom stereocenters. The third-order valence-electron chi connectivity index (χ3n) is 2.92. The zero-order valence-electron chi connectivity index (χ0n) is 10.0. The Bertz CT molecular complexity index is 325. The topological polar surface area (TPSA) is 116 Å². The van der Waals surface area contributed by atoms with Gasteiger partial charge in [0.2, 0.25) is 0 Å². The van der Waals surface area contributed by atoms with E-state index in [1.54, 1.807) is 0 Å². The van der Waals surface area contributed by atoms with Crippen LogP contribution >= 0.6 is 0 Å². The first-order valence-corrected chi connectivity index (χ1v) is 6.00. The van der Waals surface area contributed by atoms with Crippen molar-refractivity contribution >= 4 is 18.0 Å². The standard InChI is InChI=1S/C11H18N2O5/c14-9(15)6-8(10(16)17)13-11(18)12-7-4-2-1-3-5-7/h7-8H,1-6H2,(H,14,15)(H,16,17)(H2,12,13,18)/t8-/m0/s1. The zero-order valence-corrected chi connectivity index (χ0v) is 10.0. The smallest absolute Gasteiger partial charge is 0.326 e. The molecule has 7 nitrogen and oxygen atoms in total. The number of amides is 2. The Morgan fingerprint density at radius 2 is 1.72 bits per heavy atom. The van der Waals surface area contributed by atoms with Crippen LogP contribution in [0.3, 0.4) is 0 Å². The number of hydrogen-bond acceptors (Lipinski definition) is 3. The average molecular weight is 258 g/mol.